The highest BCUT2D eigenvalue weighted by atomic mass is 16.8. The molecule has 0 saturated carbocycles. The molecule has 0 aromatic heterocycles. The number of nitrogens with one attached hydrogen (secondary N) is 2. The van der Waals surface area contributed by atoms with Crippen molar-refractivity contribution in [3.63, 3.8) is 0 Å². The average Bonchev–Trinajstić information content (AvgIpc) is 2.81. The second kappa shape index (κ2) is 4.79. The lowest BCUT2D eigenvalue weighted by molar-refractivity contribution is -0.0579. The van der Waals surface area contributed by atoms with Gasteiger partial charge in [0.1, 0.15) is 6.10 Å². The summed E-state index contributed by atoms with van der Waals surface area (Å²) in [6.07, 6.45) is 1.48. The lowest BCUT2D eigenvalue weighted by Crippen LogP contribution is -2.44. The van der Waals surface area contributed by atoms with Crippen molar-refractivity contribution in [1.29, 1.82) is 0 Å². The van der Waals surface area contributed by atoms with Crippen LogP contribution in [0.4, 0.5) is 0 Å². The van der Waals surface area contributed by atoms with Gasteiger partial charge in [0.15, 0.2) is 6.29 Å². The van der Waals surface area contributed by atoms with Gasteiger partial charge in [0.25, 0.3) is 0 Å². The molecule has 2 N–H and O–H groups in total. The summed E-state index contributed by atoms with van der Waals surface area (Å²) < 4.78 is 11.3. The predicted octanol–water partition coefficient (Wildman–Crippen LogP) is 0.434. The molecule has 6 heteroatoms. The Hall–Kier alpha value is -0.240. The summed E-state index contributed by atoms with van der Waals surface area (Å²) in [6, 6.07) is 0. The monoisotopic (exact) mass is 244 g/mol. The zero-order valence-corrected chi connectivity index (χ0v) is 11.4. The van der Waals surface area contributed by atoms with Crippen molar-refractivity contribution in [3.05, 3.63) is 0 Å². The first-order valence-electron chi connectivity index (χ1n) is 6.25. The summed E-state index contributed by atoms with van der Waals surface area (Å²) in [7, 11) is 2.06. The maximum atomic E-state index is 5.74. The topological polar surface area (TPSA) is 52.3 Å². The Bertz CT molecular complexity index is 269. The molecule has 2 aliphatic rings. The predicted molar refractivity (Wildman–Crippen MR) is 64.3 cm³/mol. The fourth-order valence-corrected chi connectivity index (χ4v) is 1.91. The second-order valence-electron chi connectivity index (χ2n) is 5.61. The smallest absolute Gasteiger partial charge is 0.186 e. The van der Waals surface area contributed by atoms with Gasteiger partial charge in [-0.1, -0.05) is 6.92 Å². The SMILES string of the molecule is CCC1NNN(CC2OC2OC(C)(C)C)N1C. The summed E-state index contributed by atoms with van der Waals surface area (Å²) in [5, 5.41) is 4.18. The molecule has 0 aromatic carbocycles. The minimum atomic E-state index is -0.145. The van der Waals surface area contributed by atoms with Crippen LogP contribution in [0.5, 0.6) is 0 Å². The number of ether oxygens (including phenoxy) is 2. The van der Waals surface area contributed by atoms with Crippen LogP contribution in [0.2, 0.25) is 0 Å². The van der Waals surface area contributed by atoms with Crippen molar-refractivity contribution >= 4 is 0 Å². The number of epoxide rings is 1. The lowest BCUT2D eigenvalue weighted by Gasteiger charge is -2.24. The van der Waals surface area contributed by atoms with Crippen molar-refractivity contribution in [1.82, 2.24) is 21.1 Å². The average molecular weight is 244 g/mol. The van der Waals surface area contributed by atoms with Crippen molar-refractivity contribution in [3.8, 4) is 0 Å². The number of hydrogen-bond donors (Lipinski definition) is 2. The van der Waals surface area contributed by atoms with Gasteiger partial charge in [-0.15, -0.1) is 0 Å². The van der Waals surface area contributed by atoms with E-state index in [1.807, 2.05) is 25.9 Å². The van der Waals surface area contributed by atoms with Gasteiger partial charge in [0, 0.05) is 7.05 Å². The molecule has 2 fully saturated rings. The van der Waals surface area contributed by atoms with E-state index in [0.717, 1.165) is 13.0 Å². The van der Waals surface area contributed by atoms with Gasteiger partial charge in [-0.25, -0.2) is 10.4 Å². The van der Waals surface area contributed by atoms with E-state index in [0.29, 0.717) is 6.17 Å². The number of nitrogens with zero attached hydrogens (tertiary/aromatic N) is 2. The highest BCUT2D eigenvalue weighted by molar-refractivity contribution is 4.83. The molecular weight excluding hydrogens is 220 g/mol. The van der Waals surface area contributed by atoms with E-state index in [2.05, 4.69) is 29.9 Å². The highest BCUT2D eigenvalue weighted by Crippen LogP contribution is 2.29. The van der Waals surface area contributed by atoms with E-state index in [9.17, 15) is 0 Å². The molecule has 2 saturated heterocycles. The van der Waals surface area contributed by atoms with Crippen LogP contribution in [0.3, 0.4) is 0 Å². The Morgan fingerprint density at radius 1 is 1.35 bits per heavy atom. The van der Waals surface area contributed by atoms with Crippen LogP contribution in [-0.2, 0) is 9.47 Å². The van der Waals surface area contributed by atoms with Gasteiger partial charge < -0.3 is 9.47 Å². The van der Waals surface area contributed by atoms with Crippen LogP contribution in [0.15, 0.2) is 0 Å². The van der Waals surface area contributed by atoms with Crippen LogP contribution in [-0.4, -0.2) is 47.9 Å². The van der Waals surface area contributed by atoms with E-state index >= 15 is 0 Å². The van der Waals surface area contributed by atoms with Gasteiger partial charge in [-0.05, 0) is 27.2 Å². The van der Waals surface area contributed by atoms with Gasteiger partial charge in [0.2, 0.25) is 0 Å². The molecular formula is C11H24N4O2. The molecule has 0 spiro atoms. The van der Waals surface area contributed by atoms with Crippen LogP contribution >= 0.6 is 0 Å². The highest BCUT2D eigenvalue weighted by Gasteiger charge is 2.45. The summed E-state index contributed by atoms with van der Waals surface area (Å²) in [4.78, 5) is 0. The first kappa shape index (κ1) is 13.2. The Morgan fingerprint density at radius 3 is 2.59 bits per heavy atom. The first-order valence-corrected chi connectivity index (χ1v) is 6.25. The van der Waals surface area contributed by atoms with Gasteiger partial charge in [-0.3, -0.25) is 0 Å². The van der Waals surface area contributed by atoms with Crippen LogP contribution in [0.25, 0.3) is 0 Å². The third kappa shape index (κ3) is 3.37. The molecule has 2 rings (SSSR count). The quantitative estimate of drug-likeness (QED) is 0.700. The molecule has 0 amide bonds. The summed E-state index contributed by atoms with van der Waals surface area (Å²) in [5.74, 6) is 0. The van der Waals surface area contributed by atoms with Crippen LogP contribution in [0, 0.1) is 0 Å². The maximum absolute atomic E-state index is 5.74. The third-order valence-electron chi connectivity index (χ3n) is 2.94. The van der Waals surface area contributed by atoms with E-state index in [-0.39, 0.29) is 18.0 Å². The second-order valence-corrected chi connectivity index (χ2v) is 5.61. The fourth-order valence-electron chi connectivity index (χ4n) is 1.91. The van der Waals surface area contributed by atoms with Crippen molar-refractivity contribution < 1.29 is 9.47 Å². The fraction of sp³-hybridized carbons (Fsp3) is 1.00. The number of rotatable bonds is 4. The summed E-state index contributed by atoms with van der Waals surface area (Å²) >= 11 is 0. The van der Waals surface area contributed by atoms with Crippen LogP contribution in [0.1, 0.15) is 34.1 Å². The molecule has 0 bridgehead atoms. The summed E-state index contributed by atoms with van der Waals surface area (Å²) in [6.45, 7) is 9.07. The van der Waals surface area contributed by atoms with Crippen molar-refractivity contribution in [2.24, 2.45) is 0 Å². The van der Waals surface area contributed by atoms with Gasteiger partial charge >= 0.3 is 0 Å². The van der Waals surface area contributed by atoms with E-state index in [1.54, 1.807) is 0 Å². The molecule has 0 aromatic rings. The normalized spacial score (nSPS) is 35.5. The largest absolute Gasteiger partial charge is 0.344 e. The Morgan fingerprint density at radius 2 is 2.06 bits per heavy atom. The molecule has 6 nitrogen and oxygen atoms in total. The minimum Gasteiger partial charge on any atom is -0.344 e. The van der Waals surface area contributed by atoms with Crippen molar-refractivity contribution in [2.75, 3.05) is 13.6 Å². The van der Waals surface area contributed by atoms with Gasteiger partial charge in [0.05, 0.1) is 18.3 Å². The number of hydrazine groups is 3. The summed E-state index contributed by atoms with van der Waals surface area (Å²) in [5.41, 5.74) is 6.20. The van der Waals surface area contributed by atoms with E-state index in [4.69, 9.17) is 9.47 Å². The van der Waals surface area contributed by atoms with Gasteiger partial charge in [-0.2, -0.15) is 10.7 Å². The van der Waals surface area contributed by atoms with E-state index < -0.39 is 0 Å². The maximum Gasteiger partial charge on any atom is 0.186 e. The van der Waals surface area contributed by atoms with Crippen LogP contribution < -0.4 is 11.0 Å². The van der Waals surface area contributed by atoms with Crippen molar-refractivity contribution in [2.45, 2.75) is 58.3 Å². The Balaban J connectivity index is 1.74. The molecule has 3 atom stereocenters. The zero-order chi connectivity index (χ0) is 12.6. The zero-order valence-electron chi connectivity index (χ0n) is 11.4. The first-order chi connectivity index (χ1) is 7.90. The minimum absolute atomic E-state index is 0.0640. The molecule has 0 radical (unpaired) electrons. The molecule has 3 unspecified atom stereocenters. The molecule has 100 valence electrons. The molecule has 0 aliphatic carbocycles. The molecule has 17 heavy (non-hydrogen) atoms. The Kier molecular flexibility index (Phi) is 3.72. The number of hydrogen-bond acceptors (Lipinski definition) is 6. The third-order valence-corrected chi connectivity index (χ3v) is 2.94. The Labute approximate surface area is 103 Å². The molecule has 2 aliphatic heterocycles. The molecule has 2 heterocycles. The standard InChI is InChI=1S/C11H24N4O2/c1-6-9-12-13-15(14(9)5)7-8-10(16-8)17-11(2,3)4/h8-10,12-13H,6-7H2,1-5H3. The van der Waals surface area contributed by atoms with E-state index in [1.165, 1.54) is 0 Å². The lowest BCUT2D eigenvalue weighted by atomic mass is 10.2.